The van der Waals surface area contributed by atoms with E-state index in [4.69, 9.17) is 9.98 Å². The van der Waals surface area contributed by atoms with Gasteiger partial charge in [-0.15, -0.1) is 11.5 Å². The maximum atomic E-state index is 14.0. The zero-order valence-corrected chi connectivity index (χ0v) is 30.7. The zero-order valence-electron chi connectivity index (χ0n) is 29.7. The molecule has 0 radical (unpaired) electrons. The molecule has 5 aromatic carbocycles. The third kappa shape index (κ3) is 7.05. The number of hydrogen-bond donors (Lipinski definition) is 0. The van der Waals surface area contributed by atoms with Crippen LogP contribution < -0.4 is 10.2 Å². The smallest absolute Gasteiger partial charge is 0.873 e. The first-order valence-electron chi connectivity index (χ1n) is 16.2. The summed E-state index contributed by atoms with van der Waals surface area (Å²) in [5.41, 5.74) is 8.46. The summed E-state index contributed by atoms with van der Waals surface area (Å²) in [7, 11) is 0. The molecule has 1 aliphatic carbocycles. The molecule has 7 heteroatoms. The molecule has 0 atom stereocenters. The van der Waals surface area contributed by atoms with Crippen LogP contribution in [0, 0.1) is 39.3 Å². The minimum absolute atomic E-state index is 0. The molecule has 0 saturated carbocycles. The van der Waals surface area contributed by atoms with Crippen LogP contribution in [-0.4, -0.2) is 11.4 Å². The number of hydrogen-bond acceptors (Lipinski definition) is 4. The monoisotopic (exact) mass is 702 g/mol. The fourth-order valence-electron chi connectivity index (χ4n) is 6.39. The van der Waals surface area contributed by atoms with Gasteiger partial charge in [-0.1, -0.05) is 114 Å². The van der Waals surface area contributed by atoms with Crippen molar-refractivity contribution in [3.63, 3.8) is 0 Å². The van der Waals surface area contributed by atoms with Crippen LogP contribution in [0.15, 0.2) is 82.8 Å². The van der Waals surface area contributed by atoms with Crippen molar-refractivity contribution in [3.8, 4) is 11.5 Å². The van der Waals surface area contributed by atoms with E-state index in [2.05, 4.69) is 100 Å². The Hall–Kier alpha value is -4.35. The summed E-state index contributed by atoms with van der Waals surface area (Å²) in [6.45, 7) is 17.9. The average molecular weight is 703 g/mol. The molecule has 6 rings (SSSR count). The fourth-order valence-corrected chi connectivity index (χ4v) is 6.39. The summed E-state index contributed by atoms with van der Waals surface area (Å²) in [5, 5.41) is 26.3. The minimum Gasteiger partial charge on any atom is -0.873 e. The molecule has 0 bridgehead atoms. The second kappa shape index (κ2) is 13.9. The van der Waals surface area contributed by atoms with Crippen molar-refractivity contribution in [2.24, 2.45) is 9.98 Å². The van der Waals surface area contributed by atoms with Crippen LogP contribution in [-0.2, 0) is 27.3 Å². The summed E-state index contributed by atoms with van der Waals surface area (Å²) < 4.78 is 28.0. The van der Waals surface area contributed by atoms with E-state index in [-0.39, 0.29) is 27.6 Å². The molecule has 0 N–H and O–H groups in total. The van der Waals surface area contributed by atoms with E-state index in [0.717, 1.165) is 33.9 Å². The van der Waals surface area contributed by atoms with Crippen molar-refractivity contribution < 1.29 is 35.5 Å². The van der Waals surface area contributed by atoms with Crippen LogP contribution in [0.25, 0.3) is 10.8 Å². The number of aliphatic imine (C=N–C) groups is 2. The summed E-state index contributed by atoms with van der Waals surface area (Å²) in [6.07, 6.45) is 0. The molecule has 0 aromatic heterocycles. The van der Waals surface area contributed by atoms with Gasteiger partial charge in [-0.2, -0.15) is 0 Å². The van der Waals surface area contributed by atoms with Crippen molar-refractivity contribution >= 4 is 33.6 Å². The average Bonchev–Trinajstić information content (AvgIpc) is 3.28. The standard InChI is InChI=1S/C28H24N2.C14H20F2O2.Ni/c1-17-9-5-10-18(2)25(17)29-27-22-15-7-13-21-14-8-16-23(24(21)22)28(27)30-26-19(3)11-6-12-20(26)4;1-13(2,3)7-9(15)10(16)8(14(4,5)6)12(18)11(7)17;/h5-16H,1-4H3;17-18H,1-6H3;/q;;+2/p-2/b29-27-,30-28+;;. The molecule has 256 valence electrons. The molecular formula is C42H42F2N2NiO2. The second-order valence-corrected chi connectivity index (χ2v) is 14.6. The summed E-state index contributed by atoms with van der Waals surface area (Å²) >= 11 is 0. The quantitative estimate of drug-likeness (QED) is 0.172. The van der Waals surface area contributed by atoms with Crippen LogP contribution >= 0.6 is 0 Å². The Morgan fingerprint density at radius 1 is 0.510 bits per heavy atom. The third-order valence-corrected chi connectivity index (χ3v) is 8.76. The maximum Gasteiger partial charge on any atom is 2.00 e. The van der Waals surface area contributed by atoms with E-state index in [1.165, 1.54) is 33.0 Å². The molecule has 0 fully saturated rings. The first-order chi connectivity index (χ1) is 22.4. The van der Waals surface area contributed by atoms with Gasteiger partial charge in [0.05, 0.1) is 22.8 Å². The molecule has 0 unspecified atom stereocenters. The predicted octanol–water partition coefficient (Wildman–Crippen LogP) is 10.0. The summed E-state index contributed by atoms with van der Waals surface area (Å²) in [4.78, 5) is 10.4. The number of benzene rings is 5. The Bertz CT molecular complexity index is 1920. The van der Waals surface area contributed by atoms with Gasteiger partial charge in [0.2, 0.25) is 0 Å². The molecule has 0 spiro atoms. The van der Waals surface area contributed by atoms with E-state index in [1.807, 2.05) is 0 Å². The maximum absolute atomic E-state index is 14.0. The van der Waals surface area contributed by atoms with Gasteiger partial charge in [-0.05, 0) is 77.3 Å². The van der Waals surface area contributed by atoms with E-state index in [0.29, 0.717) is 0 Å². The van der Waals surface area contributed by atoms with Gasteiger partial charge in [-0.3, -0.25) is 0 Å². The molecule has 0 heterocycles. The van der Waals surface area contributed by atoms with Crippen LogP contribution in [0.1, 0.15) is 86.1 Å². The van der Waals surface area contributed by atoms with Crippen molar-refractivity contribution in [2.45, 2.75) is 80.1 Å². The SMILES string of the molecule is CC(C)(C)c1c([O-])c([O-])c(C(C)(C)C)c(F)c1F.Cc1cccc(C)c1/N=C1\C(=N\c2c(C)cccc2C)c2cccc3cccc1c23.[Ni+2]. The Labute approximate surface area is 298 Å². The number of rotatable bonds is 2. The first-order valence-corrected chi connectivity index (χ1v) is 16.2. The fraction of sp³-hybridized carbons (Fsp3) is 0.286. The van der Waals surface area contributed by atoms with Crippen LogP contribution in [0.2, 0.25) is 0 Å². The van der Waals surface area contributed by atoms with Crippen molar-refractivity contribution in [3.05, 3.63) is 129 Å². The molecular weight excluding hydrogens is 661 g/mol. The Morgan fingerprint density at radius 3 is 1.12 bits per heavy atom. The topological polar surface area (TPSA) is 70.8 Å². The molecule has 1 aliphatic rings. The first kappa shape index (κ1) is 37.5. The normalized spacial score (nSPS) is 14.2. The number of aryl methyl sites for hydroxylation is 4. The van der Waals surface area contributed by atoms with Gasteiger partial charge in [-0.25, -0.2) is 18.8 Å². The van der Waals surface area contributed by atoms with Crippen molar-refractivity contribution in [1.82, 2.24) is 0 Å². The zero-order chi connectivity index (χ0) is 35.3. The number of halogens is 2. The Balaban J connectivity index is 0.000000246. The number of nitrogens with zero attached hydrogens (tertiary/aromatic N) is 2. The molecule has 0 amide bonds. The molecule has 5 aromatic rings. The largest absolute Gasteiger partial charge is 2.00 e. The van der Waals surface area contributed by atoms with Gasteiger partial charge < -0.3 is 10.2 Å². The van der Waals surface area contributed by atoms with Gasteiger partial charge in [0.1, 0.15) is 0 Å². The third-order valence-electron chi connectivity index (χ3n) is 8.76. The van der Waals surface area contributed by atoms with E-state index in [9.17, 15) is 19.0 Å². The molecule has 4 nitrogen and oxygen atoms in total. The number of para-hydroxylation sites is 2. The van der Waals surface area contributed by atoms with Crippen molar-refractivity contribution in [1.29, 1.82) is 0 Å². The minimum atomic E-state index is -1.20. The van der Waals surface area contributed by atoms with Gasteiger partial charge in [0.25, 0.3) is 0 Å². The Kier molecular flexibility index (Phi) is 10.6. The summed E-state index contributed by atoms with van der Waals surface area (Å²) in [6, 6.07) is 25.6. The van der Waals surface area contributed by atoms with E-state index < -0.39 is 34.0 Å². The molecule has 49 heavy (non-hydrogen) atoms. The van der Waals surface area contributed by atoms with Gasteiger partial charge in [0.15, 0.2) is 11.6 Å². The summed E-state index contributed by atoms with van der Waals surface area (Å²) in [5.74, 6) is -4.27. The predicted molar refractivity (Wildman–Crippen MR) is 191 cm³/mol. The van der Waals surface area contributed by atoms with Crippen molar-refractivity contribution in [2.75, 3.05) is 0 Å². The second-order valence-electron chi connectivity index (χ2n) is 14.6. The van der Waals surface area contributed by atoms with E-state index >= 15 is 0 Å². The van der Waals surface area contributed by atoms with Gasteiger partial charge >= 0.3 is 16.5 Å². The van der Waals surface area contributed by atoms with Crippen LogP contribution in [0.3, 0.4) is 0 Å². The van der Waals surface area contributed by atoms with E-state index in [1.54, 1.807) is 41.5 Å². The van der Waals surface area contributed by atoms with Gasteiger partial charge in [0, 0.05) is 16.5 Å². The Morgan fingerprint density at radius 2 is 0.816 bits per heavy atom. The molecule has 0 saturated heterocycles. The van der Waals surface area contributed by atoms with Crippen LogP contribution in [0.4, 0.5) is 20.2 Å². The molecule has 0 aliphatic heterocycles. The van der Waals surface area contributed by atoms with Crippen LogP contribution in [0.5, 0.6) is 11.5 Å².